The fraction of sp³-hybridized carbons (Fsp3) is 0.409. The van der Waals surface area contributed by atoms with E-state index in [-0.39, 0.29) is 12.1 Å². The summed E-state index contributed by atoms with van der Waals surface area (Å²) in [5.74, 6) is 1.33. The van der Waals surface area contributed by atoms with Crippen LogP contribution in [-0.4, -0.2) is 57.7 Å². The molecule has 2 amide bonds. The highest BCUT2D eigenvalue weighted by atomic mass is 35.5. The van der Waals surface area contributed by atoms with E-state index in [4.69, 9.17) is 11.6 Å². The van der Waals surface area contributed by atoms with Gasteiger partial charge in [0.1, 0.15) is 5.82 Å². The number of likely N-dealkylation sites (tertiary alicyclic amines) is 1. The number of rotatable bonds is 3. The van der Waals surface area contributed by atoms with Crippen LogP contribution in [0.1, 0.15) is 31.0 Å². The second kappa shape index (κ2) is 8.14. The molecule has 0 radical (unpaired) electrons. The van der Waals surface area contributed by atoms with Gasteiger partial charge in [-0.1, -0.05) is 17.7 Å². The van der Waals surface area contributed by atoms with E-state index in [1.165, 1.54) is 0 Å². The van der Waals surface area contributed by atoms with E-state index in [0.29, 0.717) is 5.92 Å². The number of halogens is 1. The molecule has 2 fully saturated rings. The average Bonchev–Trinajstić information content (AvgIpc) is 3.42. The van der Waals surface area contributed by atoms with Crippen molar-refractivity contribution in [2.24, 2.45) is 0 Å². The highest BCUT2D eigenvalue weighted by molar-refractivity contribution is 6.30. The van der Waals surface area contributed by atoms with Crippen molar-refractivity contribution < 1.29 is 4.79 Å². The van der Waals surface area contributed by atoms with Gasteiger partial charge in [-0.2, -0.15) is 0 Å². The van der Waals surface area contributed by atoms with E-state index in [1.54, 1.807) is 0 Å². The smallest absolute Gasteiger partial charge is 0.317 e. The average molecular weight is 425 g/mol. The van der Waals surface area contributed by atoms with E-state index in [9.17, 15) is 4.79 Å². The Kier molecular flexibility index (Phi) is 5.21. The number of carbonyl (C=O) groups excluding carboxylic acids is 1. The van der Waals surface area contributed by atoms with Gasteiger partial charge in [0, 0.05) is 55.0 Å². The molecule has 0 saturated carbocycles. The number of piperidine rings is 1. The largest absolute Gasteiger partial charge is 0.369 e. The van der Waals surface area contributed by atoms with Crippen molar-refractivity contribution in [2.75, 3.05) is 31.1 Å². The SMILES string of the molecule is O=C(NC1CCN(c2ccc(Cl)cc2)C1)N1CCC(c2nnc3ccccn23)CC1. The second-order valence-corrected chi connectivity index (χ2v) is 8.54. The lowest BCUT2D eigenvalue weighted by molar-refractivity contribution is 0.177. The molecule has 7 nitrogen and oxygen atoms in total. The fourth-order valence-corrected chi connectivity index (χ4v) is 4.64. The third kappa shape index (κ3) is 3.81. The molecule has 8 heteroatoms. The minimum atomic E-state index is 0.0440. The normalized spacial score (nSPS) is 20.1. The van der Waals surface area contributed by atoms with E-state index < -0.39 is 0 Å². The number of carbonyl (C=O) groups is 1. The minimum Gasteiger partial charge on any atom is -0.369 e. The van der Waals surface area contributed by atoms with Crippen LogP contribution in [0.15, 0.2) is 48.7 Å². The number of urea groups is 1. The number of hydrogen-bond donors (Lipinski definition) is 1. The summed E-state index contributed by atoms with van der Waals surface area (Å²) in [4.78, 5) is 17.0. The van der Waals surface area contributed by atoms with Gasteiger partial charge in [-0.05, 0) is 55.7 Å². The standard InChI is InChI=1S/C22H25ClN6O/c23-17-4-6-19(7-5-17)28-14-10-18(15-28)24-22(30)27-12-8-16(9-13-27)21-26-25-20-3-1-2-11-29(20)21/h1-7,11,16,18H,8-10,12-15H2,(H,24,30). The van der Waals surface area contributed by atoms with E-state index in [1.807, 2.05) is 53.6 Å². The first-order valence-electron chi connectivity index (χ1n) is 10.5. The number of aromatic nitrogens is 3. The zero-order valence-electron chi connectivity index (χ0n) is 16.7. The number of benzene rings is 1. The molecule has 2 saturated heterocycles. The summed E-state index contributed by atoms with van der Waals surface area (Å²) in [7, 11) is 0. The van der Waals surface area contributed by atoms with Crippen LogP contribution in [0.3, 0.4) is 0 Å². The summed E-state index contributed by atoms with van der Waals surface area (Å²) < 4.78 is 2.06. The van der Waals surface area contributed by atoms with Crippen molar-refractivity contribution in [3.63, 3.8) is 0 Å². The number of fused-ring (bicyclic) bond motifs is 1. The van der Waals surface area contributed by atoms with Crippen molar-refractivity contribution in [3.05, 3.63) is 59.5 Å². The molecule has 1 N–H and O–H groups in total. The van der Waals surface area contributed by atoms with Gasteiger partial charge in [-0.25, -0.2) is 4.79 Å². The minimum absolute atomic E-state index is 0.0440. The van der Waals surface area contributed by atoms with E-state index >= 15 is 0 Å². The molecule has 2 aliphatic heterocycles. The van der Waals surface area contributed by atoms with Crippen LogP contribution in [0, 0.1) is 0 Å². The number of nitrogens with zero attached hydrogens (tertiary/aromatic N) is 5. The first kappa shape index (κ1) is 19.2. The van der Waals surface area contributed by atoms with Crippen LogP contribution in [0.4, 0.5) is 10.5 Å². The van der Waals surface area contributed by atoms with Gasteiger partial charge in [-0.3, -0.25) is 4.40 Å². The Bertz CT molecular complexity index is 1030. The summed E-state index contributed by atoms with van der Waals surface area (Å²) >= 11 is 5.98. The van der Waals surface area contributed by atoms with Crippen molar-refractivity contribution >= 4 is 29.0 Å². The molecule has 2 aromatic heterocycles. The topological polar surface area (TPSA) is 65.8 Å². The maximum absolute atomic E-state index is 12.8. The quantitative estimate of drug-likeness (QED) is 0.698. The van der Waals surface area contributed by atoms with Gasteiger partial charge < -0.3 is 15.1 Å². The zero-order valence-corrected chi connectivity index (χ0v) is 17.5. The van der Waals surface area contributed by atoms with Crippen LogP contribution in [0.5, 0.6) is 0 Å². The summed E-state index contributed by atoms with van der Waals surface area (Å²) in [6.45, 7) is 3.25. The van der Waals surface area contributed by atoms with Gasteiger partial charge >= 0.3 is 6.03 Å². The number of pyridine rings is 1. The van der Waals surface area contributed by atoms with Crippen LogP contribution in [0.2, 0.25) is 5.02 Å². The molecule has 30 heavy (non-hydrogen) atoms. The van der Waals surface area contributed by atoms with Crippen LogP contribution < -0.4 is 10.2 Å². The lowest BCUT2D eigenvalue weighted by Crippen LogP contribution is -2.48. The fourth-order valence-electron chi connectivity index (χ4n) is 4.51. The highest BCUT2D eigenvalue weighted by Gasteiger charge is 2.29. The van der Waals surface area contributed by atoms with Crippen molar-refractivity contribution in [1.82, 2.24) is 24.8 Å². The Morgan fingerprint density at radius 1 is 1.00 bits per heavy atom. The molecule has 156 valence electrons. The molecule has 1 aromatic carbocycles. The van der Waals surface area contributed by atoms with Crippen molar-refractivity contribution in [3.8, 4) is 0 Å². The molecule has 0 spiro atoms. The second-order valence-electron chi connectivity index (χ2n) is 8.11. The summed E-state index contributed by atoms with van der Waals surface area (Å²) in [5.41, 5.74) is 2.02. The third-order valence-corrected chi connectivity index (χ3v) is 6.45. The number of anilines is 1. The lowest BCUT2D eigenvalue weighted by Gasteiger charge is -2.32. The van der Waals surface area contributed by atoms with Gasteiger partial charge in [-0.15, -0.1) is 10.2 Å². The molecule has 1 atom stereocenters. The Morgan fingerprint density at radius 2 is 1.80 bits per heavy atom. The molecule has 0 bridgehead atoms. The lowest BCUT2D eigenvalue weighted by atomic mass is 9.96. The monoisotopic (exact) mass is 424 g/mol. The van der Waals surface area contributed by atoms with E-state index in [2.05, 4.69) is 24.8 Å². The van der Waals surface area contributed by atoms with Crippen LogP contribution >= 0.6 is 11.6 Å². The van der Waals surface area contributed by atoms with Crippen molar-refractivity contribution in [1.29, 1.82) is 0 Å². The predicted molar refractivity (Wildman–Crippen MR) is 117 cm³/mol. The number of amides is 2. The third-order valence-electron chi connectivity index (χ3n) is 6.20. The number of nitrogens with one attached hydrogen (secondary N) is 1. The Balaban J connectivity index is 1.14. The van der Waals surface area contributed by atoms with Gasteiger partial charge in [0.05, 0.1) is 0 Å². The molecule has 1 unspecified atom stereocenters. The molecular formula is C22H25ClN6O. The van der Waals surface area contributed by atoms with Gasteiger partial charge in [0.15, 0.2) is 5.65 Å². The van der Waals surface area contributed by atoms with Crippen molar-refractivity contribution in [2.45, 2.75) is 31.2 Å². The Labute approximate surface area is 180 Å². The first-order valence-corrected chi connectivity index (χ1v) is 10.9. The Hall–Kier alpha value is -2.80. The van der Waals surface area contributed by atoms with Gasteiger partial charge in [0.25, 0.3) is 0 Å². The van der Waals surface area contributed by atoms with E-state index in [0.717, 1.165) is 67.6 Å². The highest BCUT2D eigenvalue weighted by Crippen LogP contribution is 2.27. The maximum atomic E-state index is 12.8. The summed E-state index contributed by atoms with van der Waals surface area (Å²) in [5, 5.41) is 12.6. The molecule has 3 aromatic rings. The Morgan fingerprint density at radius 3 is 2.60 bits per heavy atom. The molecular weight excluding hydrogens is 400 g/mol. The van der Waals surface area contributed by atoms with Gasteiger partial charge in [0.2, 0.25) is 0 Å². The van der Waals surface area contributed by atoms with Crippen LogP contribution in [-0.2, 0) is 0 Å². The zero-order chi connectivity index (χ0) is 20.5. The first-order chi connectivity index (χ1) is 14.7. The molecule has 4 heterocycles. The molecule has 2 aliphatic rings. The number of hydrogen-bond acceptors (Lipinski definition) is 4. The summed E-state index contributed by atoms with van der Waals surface area (Å²) in [6.07, 6.45) is 4.78. The maximum Gasteiger partial charge on any atom is 0.317 e. The summed E-state index contributed by atoms with van der Waals surface area (Å²) in [6, 6.07) is 14.0. The molecule has 0 aliphatic carbocycles. The van der Waals surface area contributed by atoms with Crippen LogP contribution in [0.25, 0.3) is 5.65 Å². The predicted octanol–water partition coefficient (Wildman–Crippen LogP) is 3.55. The molecule has 5 rings (SSSR count).